The maximum atomic E-state index is 12.9. The maximum absolute atomic E-state index is 12.9. The van der Waals surface area contributed by atoms with E-state index in [1.165, 1.54) is 11.1 Å². The molecule has 2 aromatic carbocycles. The Kier molecular flexibility index (Phi) is 3.95. The molecule has 0 saturated heterocycles. The molecule has 1 aliphatic carbocycles. The molecule has 5 aromatic rings. The average molecular weight is 428 g/mol. The molecular formula is C24H17N3OS2. The lowest BCUT2D eigenvalue weighted by Gasteiger charge is -2.07. The zero-order valence-electron chi connectivity index (χ0n) is 16.5. The van der Waals surface area contributed by atoms with Crippen LogP contribution in [0.1, 0.15) is 27.0 Å². The third-order valence-corrected chi connectivity index (χ3v) is 8.10. The van der Waals surface area contributed by atoms with E-state index >= 15 is 0 Å². The minimum atomic E-state index is -0.136. The fourth-order valence-electron chi connectivity index (χ4n) is 4.34. The Balaban J connectivity index is 1.48. The quantitative estimate of drug-likeness (QED) is 0.328. The number of thiophene rings is 1. The van der Waals surface area contributed by atoms with E-state index < -0.39 is 0 Å². The van der Waals surface area contributed by atoms with Crippen molar-refractivity contribution in [3.05, 3.63) is 71.0 Å². The van der Waals surface area contributed by atoms with Gasteiger partial charge in [0.25, 0.3) is 0 Å². The highest BCUT2D eigenvalue weighted by molar-refractivity contribution is 8.01. The van der Waals surface area contributed by atoms with E-state index in [1.807, 2.05) is 24.3 Å². The number of thioether (sulfide) groups is 1. The first-order chi connectivity index (χ1) is 14.6. The third kappa shape index (κ3) is 2.67. The summed E-state index contributed by atoms with van der Waals surface area (Å²) in [5.74, 6) is 0.193. The summed E-state index contributed by atoms with van der Waals surface area (Å²) in [6.45, 7) is 4.21. The number of nitrogens with zero attached hydrogens (tertiary/aromatic N) is 3. The van der Waals surface area contributed by atoms with Crippen LogP contribution in [0.5, 0.6) is 0 Å². The molecule has 0 bridgehead atoms. The molecule has 3 aromatic heterocycles. The summed E-state index contributed by atoms with van der Waals surface area (Å²) in [5.41, 5.74) is 6.33. The van der Waals surface area contributed by atoms with Crippen molar-refractivity contribution in [2.45, 2.75) is 30.5 Å². The normalized spacial score (nSPS) is 16.1. The van der Waals surface area contributed by atoms with E-state index in [-0.39, 0.29) is 11.0 Å². The Morgan fingerprint density at radius 1 is 1.07 bits per heavy atom. The number of carbonyl (C=O) groups excluding carboxylic acids is 1. The van der Waals surface area contributed by atoms with Crippen LogP contribution >= 0.6 is 23.1 Å². The molecular weight excluding hydrogens is 410 g/mol. The van der Waals surface area contributed by atoms with Crippen LogP contribution in [0.4, 0.5) is 0 Å². The molecule has 0 unspecified atom stereocenters. The fraction of sp³-hybridized carbons (Fsp3) is 0.167. The molecule has 4 nitrogen and oxygen atoms in total. The SMILES string of the molecule is Cc1cc(C)c2nc3sc4c(S[C@H]5Cc6ccccc6C5=O)ncnc4c3cc2c1. The van der Waals surface area contributed by atoms with Crippen molar-refractivity contribution in [3.63, 3.8) is 0 Å². The molecule has 30 heavy (non-hydrogen) atoms. The third-order valence-electron chi connectivity index (χ3n) is 5.68. The Bertz CT molecular complexity index is 1510. The highest BCUT2D eigenvalue weighted by Gasteiger charge is 2.32. The summed E-state index contributed by atoms with van der Waals surface area (Å²) in [6.07, 6.45) is 2.35. The van der Waals surface area contributed by atoms with Gasteiger partial charge in [0.15, 0.2) is 5.78 Å². The number of aryl methyl sites for hydroxylation is 2. The Morgan fingerprint density at radius 3 is 2.80 bits per heavy atom. The highest BCUT2D eigenvalue weighted by atomic mass is 32.2. The van der Waals surface area contributed by atoms with Crippen LogP contribution in [-0.2, 0) is 6.42 Å². The van der Waals surface area contributed by atoms with Crippen LogP contribution < -0.4 is 0 Å². The van der Waals surface area contributed by atoms with Crippen LogP contribution in [0.3, 0.4) is 0 Å². The second-order valence-corrected chi connectivity index (χ2v) is 9.98. The molecule has 0 saturated carbocycles. The van der Waals surface area contributed by atoms with E-state index in [0.29, 0.717) is 0 Å². The number of hydrogen-bond donors (Lipinski definition) is 0. The first kappa shape index (κ1) is 18.0. The van der Waals surface area contributed by atoms with E-state index in [1.54, 1.807) is 29.4 Å². The molecule has 3 heterocycles. The summed E-state index contributed by atoms with van der Waals surface area (Å²) in [7, 11) is 0. The lowest BCUT2D eigenvalue weighted by molar-refractivity contribution is 0.1000. The molecule has 0 amide bonds. The summed E-state index contributed by atoms with van der Waals surface area (Å²) in [4.78, 5) is 27.9. The van der Waals surface area contributed by atoms with Gasteiger partial charge in [-0.3, -0.25) is 4.79 Å². The predicted molar refractivity (Wildman–Crippen MR) is 124 cm³/mol. The largest absolute Gasteiger partial charge is 0.293 e. The van der Waals surface area contributed by atoms with Gasteiger partial charge in [-0.1, -0.05) is 47.7 Å². The van der Waals surface area contributed by atoms with Crippen molar-refractivity contribution < 1.29 is 4.79 Å². The van der Waals surface area contributed by atoms with Gasteiger partial charge in [-0.05, 0) is 43.5 Å². The maximum Gasteiger partial charge on any atom is 0.176 e. The molecule has 0 aliphatic heterocycles. The summed E-state index contributed by atoms with van der Waals surface area (Å²) < 4.78 is 1.01. The van der Waals surface area contributed by atoms with Crippen LogP contribution in [0.2, 0.25) is 0 Å². The first-order valence-electron chi connectivity index (χ1n) is 9.82. The number of rotatable bonds is 2. The highest BCUT2D eigenvalue weighted by Crippen LogP contribution is 2.41. The van der Waals surface area contributed by atoms with Crippen LogP contribution in [0, 0.1) is 13.8 Å². The van der Waals surface area contributed by atoms with E-state index in [9.17, 15) is 4.79 Å². The number of fused-ring (bicyclic) bond motifs is 5. The standard InChI is InChI=1S/C24H17N3OS2/c1-12-7-13(2)19-15(8-12)9-17-20-22(30-23(17)27-19)24(26-11-25-20)29-18-10-14-5-3-4-6-16(14)21(18)28/h3-9,11,18H,10H2,1-2H3/t18-/m0/s1. The molecule has 0 spiro atoms. The first-order valence-corrected chi connectivity index (χ1v) is 11.5. The van der Waals surface area contributed by atoms with Crippen molar-refractivity contribution in [2.75, 3.05) is 0 Å². The lowest BCUT2D eigenvalue weighted by atomic mass is 10.1. The van der Waals surface area contributed by atoms with Crippen molar-refractivity contribution >= 4 is 60.2 Å². The molecule has 146 valence electrons. The van der Waals surface area contributed by atoms with Gasteiger partial charge in [-0.15, -0.1) is 11.3 Å². The van der Waals surface area contributed by atoms with Gasteiger partial charge in [-0.25, -0.2) is 15.0 Å². The van der Waals surface area contributed by atoms with Crippen molar-refractivity contribution in [3.8, 4) is 0 Å². The molecule has 1 aliphatic rings. The fourth-order valence-corrected chi connectivity index (χ4v) is 6.68. The smallest absolute Gasteiger partial charge is 0.176 e. The zero-order valence-corrected chi connectivity index (χ0v) is 18.1. The minimum absolute atomic E-state index is 0.136. The number of carbonyl (C=O) groups is 1. The van der Waals surface area contributed by atoms with Gasteiger partial charge in [0.05, 0.1) is 21.0 Å². The second-order valence-electron chi connectivity index (χ2n) is 7.79. The summed E-state index contributed by atoms with van der Waals surface area (Å²) in [5, 5.41) is 2.92. The van der Waals surface area contributed by atoms with Crippen LogP contribution in [0.15, 0.2) is 53.8 Å². The van der Waals surface area contributed by atoms with Crippen molar-refractivity contribution in [1.82, 2.24) is 15.0 Å². The van der Waals surface area contributed by atoms with E-state index in [0.717, 1.165) is 53.9 Å². The minimum Gasteiger partial charge on any atom is -0.293 e. The van der Waals surface area contributed by atoms with Gasteiger partial charge in [-0.2, -0.15) is 0 Å². The number of pyridine rings is 1. The molecule has 6 heteroatoms. The summed E-state index contributed by atoms with van der Waals surface area (Å²) >= 11 is 3.17. The van der Waals surface area contributed by atoms with Gasteiger partial charge in [0.2, 0.25) is 0 Å². The molecule has 0 N–H and O–H groups in total. The Morgan fingerprint density at radius 2 is 1.93 bits per heavy atom. The van der Waals surface area contributed by atoms with Gasteiger partial charge in [0.1, 0.15) is 16.2 Å². The Hall–Kier alpha value is -2.83. The molecule has 0 radical (unpaired) electrons. The number of aromatic nitrogens is 3. The van der Waals surface area contributed by atoms with E-state index in [2.05, 4.69) is 42.0 Å². The van der Waals surface area contributed by atoms with Crippen LogP contribution in [0.25, 0.3) is 31.3 Å². The molecule has 0 fully saturated rings. The van der Waals surface area contributed by atoms with Gasteiger partial charge >= 0.3 is 0 Å². The average Bonchev–Trinajstić information content (AvgIpc) is 3.25. The molecule has 1 atom stereocenters. The van der Waals surface area contributed by atoms with Crippen molar-refractivity contribution in [2.24, 2.45) is 0 Å². The monoisotopic (exact) mass is 427 g/mol. The number of Topliss-reactive ketones (excluding diaryl/α,β-unsaturated/α-hetero) is 1. The number of ketones is 1. The van der Waals surface area contributed by atoms with E-state index in [4.69, 9.17) is 4.98 Å². The summed E-state index contributed by atoms with van der Waals surface area (Å²) in [6, 6.07) is 14.4. The Labute approximate surface area is 181 Å². The molecule has 6 rings (SSSR count). The zero-order chi connectivity index (χ0) is 20.4. The number of hydrogen-bond acceptors (Lipinski definition) is 6. The lowest BCUT2D eigenvalue weighted by Crippen LogP contribution is -2.11. The van der Waals surface area contributed by atoms with Crippen LogP contribution in [-0.4, -0.2) is 26.0 Å². The van der Waals surface area contributed by atoms with Crippen molar-refractivity contribution in [1.29, 1.82) is 0 Å². The van der Waals surface area contributed by atoms with Gasteiger partial charge in [0, 0.05) is 16.3 Å². The van der Waals surface area contributed by atoms with Gasteiger partial charge < -0.3 is 0 Å². The number of benzene rings is 2. The predicted octanol–water partition coefficient (Wildman–Crippen LogP) is 5.91. The second kappa shape index (κ2) is 6.59. The topological polar surface area (TPSA) is 55.7 Å².